The van der Waals surface area contributed by atoms with Crippen LogP contribution in [-0.4, -0.2) is 24.9 Å². The van der Waals surface area contributed by atoms with E-state index in [1.165, 1.54) is 24.0 Å². The van der Waals surface area contributed by atoms with Gasteiger partial charge in [0.2, 0.25) is 11.8 Å². The van der Waals surface area contributed by atoms with E-state index in [4.69, 9.17) is 0 Å². The summed E-state index contributed by atoms with van der Waals surface area (Å²) in [6.07, 6.45) is 1.68. The summed E-state index contributed by atoms with van der Waals surface area (Å²) in [6, 6.07) is 5.99. The molecule has 0 aliphatic rings. The molecule has 5 heteroatoms. The van der Waals surface area contributed by atoms with Crippen LogP contribution in [0.1, 0.15) is 13.3 Å². The van der Waals surface area contributed by atoms with Gasteiger partial charge in [0.1, 0.15) is 5.82 Å². The van der Waals surface area contributed by atoms with Gasteiger partial charge in [0.15, 0.2) is 0 Å². The maximum absolute atomic E-state index is 13.6. The van der Waals surface area contributed by atoms with Crippen molar-refractivity contribution in [2.45, 2.75) is 13.3 Å². The molecule has 0 spiro atoms. The average molecular weight is 264 g/mol. The Morgan fingerprint density at radius 2 is 2.11 bits per heavy atom. The molecule has 1 N–H and O–H groups in total. The van der Waals surface area contributed by atoms with Crippen molar-refractivity contribution in [3.63, 3.8) is 0 Å². The smallest absolute Gasteiger partial charge is 0.223 e. The van der Waals surface area contributed by atoms with Gasteiger partial charge in [-0.15, -0.1) is 6.58 Å². The van der Waals surface area contributed by atoms with E-state index in [1.54, 1.807) is 18.2 Å². The molecule has 102 valence electrons. The van der Waals surface area contributed by atoms with E-state index in [-0.39, 0.29) is 30.5 Å². The first kappa shape index (κ1) is 14.9. The van der Waals surface area contributed by atoms with Gasteiger partial charge in [0.05, 0.1) is 5.69 Å². The summed E-state index contributed by atoms with van der Waals surface area (Å²) in [7, 11) is 0. The number of nitrogens with one attached hydrogen (secondary N) is 1. The summed E-state index contributed by atoms with van der Waals surface area (Å²) in [6.45, 7) is 5.34. The van der Waals surface area contributed by atoms with Crippen molar-refractivity contribution in [3.8, 4) is 0 Å². The van der Waals surface area contributed by atoms with E-state index >= 15 is 0 Å². The van der Waals surface area contributed by atoms with Gasteiger partial charge in [-0.25, -0.2) is 4.39 Å². The predicted molar refractivity (Wildman–Crippen MR) is 72.3 cm³/mol. The number of benzene rings is 1. The number of para-hydroxylation sites is 1. The molecule has 0 saturated heterocycles. The predicted octanol–water partition coefficient (Wildman–Crippen LogP) is 1.87. The van der Waals surface area contributed by atoms with Gasteiger partial charge >= 0.3 is 0 Å². The van der Waals surface area contributed by atoms with Gasteiger partial charge in [-0.2, -0.15) is 0 Å². The first-order valence-corrected chi connectivity index (χ1v) is 5.96. The summed E-state index contributed by atoms with van der Waals surface area (Å²) in [4.78, 5) is 24.2. The molecule has 2 amide bonds. The first-order valence-electron chi connectivity index (χ1n) is 5.96. The maximum atomic E-state index is 13.6. The summed E-state index contributed by atoms with van der Waals surface area (Å²) in [5.41, 5.74) is 0.187. The third-order valence-corrected chi connectivity index (χ3v) is 2.53. The van der Waals surface area contributed by atoms with Crippen LogP contribution in [0.25, 0.3) is 0 Å². The van der Waals surface area contributed by atoms with E-state index < -0.39 is 5.82 Å². The van der Waals surface area contributed by atoms with Crippen LogP contribution in [0.2, 0.25) is 0 Å². The van der Waals surface area contributed by atoms with Crippen molar-refractivity contribution >= 4 is 17.5 Å². The zero-order chi connectivity index (χ0) is 14.3. The van der Waals surface area contributed by atoms with Gasteiger partial charge < -0.3 is 10.2 Å². The largest absolute Gasteiger partial charge is 0.353 e. The Balaban J connectivity index is 2.70. The molecule has 0 saturated carbocycles. The molecular weight excluding hydrogens is 247 g/mol. The van der Waals surface area contributed by atoms with Crippen molar-refractivity contribution in [1.29, 1.82) is 0 Å². The standard InChI is InChI=1S/C14H17FN2O2/c1-3-9-16-14(19)8-10-17(11(2)18)13-7-5-4-6-12(13)15/h3-7H,1,8-10H2,2H3,(H,16,19). The lowest BCUT2D eigenvalue weighted by atomic mass is 10.2. The number of carbonyl (C=O) groups is 2. The molecule has 1 rings (SSSR count). The molecule has 0 aliphatic carbocycles. The van der Waals surface area contributed by atoms with E-state index in [2.05, 4.69) is 11.9 Å². The molecule has 0 aliphatic heterocycles. The molecule has 1 aromatic carbocycles. The highest BCUT2D eigenvalue weighted by atomic mass is 19.1. The van der Waals surface area contributed by atoms with Gasteiger partial charge in [0.25, 0.3) is 0 Å². The minimum Gasteiger partial charge on any atom is -0.353 e. The monoisotopic (exact) mass is 264 g/mol. The van der Waals surface area contributed by atoms with Crippen LogP contribution in [0.15, 0.2) is 36.9 Å². The number of hydrogen-bond acceptors (Lipinski definition) is 2. The van der Waals surface area contributed by atoms with Crippen molar-refractivity contribution < 1.29 is 14.0 Å². The minimum absolute atomic E-state index is 0.113. The van der Waals surface area contributed by atoms with E-state index in [0.717, 1.165) is 0 Å². The zero-order valence-electron chi connectivity index (χ0n) is 10.9. The molecule has 0 aromatic heterocycles. The second kappa shape index (κ2) is 7.31. The lowest BCUT2D eigenvalue weighted by Gasteiger charge is -2.21. The second-order valence-electron chi connectivity index (χ2n) is 3.96. The SMILES string of the molecule is C=CCNC(=O)CCN(C(C)=O)c1ccccc1F. The summed E-state index contributed by atoms with van der Waals surface area (Å²) in [5.74, 6) is -0.992. The molecule has 0 bridgehead atoms. The quantitative estimate of drug-likeness (QED) is 0.797. The number of anilines is 1. The zero-order valence-corrected chi connectivity index (χ0v) is 10.9. The van der Waals surface area contributed by atoms with E-state index in [1.807, 2.05) is 0 Å². The molecule has 19 heavy (non-hydrogen) atoms. The highest BCUT2D eigenvalue weighted by molar-refractivity contribution is 5.92. The van der Waals surface area contributed by atoms with Gasteiger partial charge in [-0.3, -0.25) is 9.59 Å². The van der Waals surface area contributed by atoms with E-state index in [9.17, 15) is 14.0 Å². The van der Waals surface area contributed by atoms with Crippen molar-refractivity contribution in [2.75, 3.05) is 18.0 Å². The van der Waals surface area contributed by atoms with Crippen LogP contribution < -0.4 is 10.2 Å². The van der Waals surface area contributed by atoms with Crippen LogP contribution in [0.5, 0.6) is 0 Å². The topological polar surface area (TPSA) is 49.4 Å². The van der Waals surface area contributed by atoms with Crippen LogP contribution >= 0.6 is 0 Å². The normalized spacial score (nSPS) is 9.79. The Kier molecular flexibility index (Phi) is 5.73. The second-order valence-corrected chi connectivity index (χ2v) is 3.96. The Bertz CT molecular complexity index is 474. The van der Waals surface area contributed by atoms with Gasteiger partial charge in [-0.05, 0) is 12.1 Å². The molecule has 0 radical (unpaired) electrons. The Labute approximate surface area is 111 Å². The number of amides is 2. The minimum atomic E-state index is -0.482. The summed E-state index contributed by atoms with van der Waals surface area (Å²) >= 11 is 0. The number of hydrogen-bond donors (Lipinski definition) is 1. The number of halogens is 1. The fourth-order valence-electron chi connectivity index (χ4n) is 1.61. The maximum Gasteiger partial charge on any atom is 0.223 e. The Morgan fingerprint density at radius 1 is 1.42 bits per heavy atom. The fourth-order valence-corrected chi connectivity index (χ4v) is 1.61. The van der Waals surface area contributed by atoms with Crippen LogP contribution in [0.3, 0.4) is 0 Å². The van der Waals surface area contributed by atoms with Crippen LogP contribution in [-0.2, 0) is 9.59 Å². The lowest BCUT2D eigenvalue weighted by molar-refractivity contribution is -0.120. The molecule has 0 unspecified atom stereocenters. The van der Waals surface area contributed by atoms with Crippen LogP contribution in [0, 0.1) is 5.82 Å². The molecule has 0 atom stereocenters. The summed E-state index contributed by atoms with van der Waals surface area (Å²) < 4.78 is 13.6. The van der Waals surface area contributed by atoms with Crippen molar-refractivity contribution in [2.24, 2.45) is 0 Å². The fraction of sp³-hybridized carbons (Fsp3) is 0.286. The summed E-state index contributed by atoms with van der Waals surface area (Å²) in [5, 5.41) is 2.60. The third-order valence-electron chi connectivity index (χ3n) is 2.53. The van der Waals surface area contributed by atoms with Crippen molar-refractivity contribution in [1.82, 2.24) is 5.32 Å². The molecule has 0 fully saturated rings. The first-order chi connectivity index (χ1) is 9.06. The van der Waals surface area contributed by atoms with Gasteiger partial charge in [0, 0.05) is 26.4 Å². The highest BCUT2D eigenvalue weighted by Crippen LogP contribution is 2.18. The number of carbonyl (C=O) groups excluding carboxylic acids is 2. The Hall–Kier alpha value is -2.17. The number of rotatable bonds is 6. The molecule has 1 aromatic rings. The highest BCUT2D eigenvalue weighted by Gasteiger charge is 2.16. The number of nitrogens with zero attached hydrogens (tertiary/aromatic N) is 1. The van der Waals surface area contributed by atoms with Crippen LogP contribution in [0.4, 0.5) is 10.1 Å². The third kappa shape index (κ3) is 4.54. The lowest BCUT2D eigenvalue weighted by Crippen LogP contribution is -2.34. The van der Waals surface area contributed by atoms with E-state index in [0.29, 0.717) is 6.54 Å². The molecule has 4 nitrogen and oxygen atoms in total. The average Bonchev–Trinajstić information content (AvgIpc) is 2.38. The molecular formula is C14H17FN2O2. The Morgan fingerprint density at radius 3 is 2.68 bits per heavy atom. The molecule has 0 heterocycles. The van der Waals surface area contributed by atoms with Gasteiger partial charge in [-0.1, -0.05) is 18.2 Å². The van der Waals surface area contributed by atoms with Crippen molar-refractivity contribution in [3.05, 3.63) is 42.7 Å².